The quantitative estimate of drug-likeness (QED) is 0.279. The Balaban J connectivity index is 2.69. The molecule has 0 aliphatic carbocycles. The summed E-state index contributed by atoms with van der Waals surface area (Å²) in [6, 6.07) is -0.0395. The highest BCUT2D eigenvalue weighted by atomic mass is 16.5. The summed E-state index contributed by atoms with van der Waals surface area (Å²) >= 11 is 0. The Kier molecular flexibility index (Phi) is 5.53. The van der Waals surface area contributed by atoms with Crippen LogP contribution < -0.4 is 16.6 Å². The van der Waals surface area contributed by atoms with Crippen LogP contribution in [0, 0.1) is 0 Å². The lowest BCUT2D eigenvalue weighted by molar-refractivity contribution is 0.179. The third-order valence-corrected chi connectivity index (χ3v) is 2.38. The highest BCUT2D eigenvalue weighted by Gasteiger charge is 2.12. The number of aryl methyl sites for hydroxylation is 1. The number of ether oxygens (including phenoxy) is 1. The predicted octanol–water partition coefficient (Wildman–Crippen LogP) is -0.680. The third-order valence-electron chi connectivity index (χ3n) is 2.38. The van der Waals surface area contributed by atoms with Gasteiger partial charge in [-0.15, -0.1) is 10.2 Å². The van der Waals surface area contributed by atoms with E-state index in [9.17, 15) is 0 Å². The summed E-state index contributed by atoms with van der Waals surface area (Å²) in [6.07, 6.45) is 1.64. The molecule has 0 aromatic carbocycles. The van der Waals surface area contributed by atoms with Crippen LogP contribution in [-0.2, 0) is 11.8 Å². The van der Waals surface area contributed by atoms with Gasteiger partial charge >= 0.3 is 0 Å². The molecule has 1 rings (SSSR count). The standard InChI is InChI=1S/C10H21N7O/c1-7(5-18-4)13-10(15-11)14-8(2)9-16-12-6-17(9)3/h6-8H,5,11H2,1-4H3,(H2,13,14,15). The van der Waals surface area contributed by atoms with Crippen molar-refractivity contribution in [1.82, 2.24) is 25.5 Å². The van der Waals surface area contributed by atoms with E-state index >= 15 is 0 Å². The van der Waals surface area contributed by atoms with Gasteiger partial charge in [-0.05, 0) is 13.8 Å². The molecule has 0 saturated carbocycles. The molecular formula is C10H21N7O. The molecule has 0 aliphatic rings. The van der Waals surface area contributed by atoms with Crippen LogP contribution >= 0.6 is 0 Å². The van der Waals surface area contributed by atoms with Gasteiger partial charge in [0.1, 0.15) is 12.4 Å². The molecule has 8 nitrogen and oxygen atoms in total. The van der Waals surface area contributed by atoms with Crippen molar-refractivity contribution in [3.63, 3.8) is 0 Å². The topological polar surface area (TPSA) is 102 Å². The number of guanidine groups is 1. The van der Waals surface area contributed by atoms with Crippen LogP contribution in [0.25, 0.3) is 0 Å². The van der Waals surface area contributed by atoms with E-state index in [1.807, 2.05) is 25.5 Å². The van der Waals surface area contributed by atoms with Crippen LogP contribution in [-0.4, -0.2) is 40.5 Å². The Morgan fingerprint density at radius 1 is 1.61 bits per heavy atom. The summed E-state index contributed by atoms with van der Waals surface area (Å²) in [6.45, 7) is 4.46. The lowest BCUT2D eigenvalue weighted by Gasteiger charge is -2.17. The minimum atomic E-state index is -0.147. The van der Waals surface area contributed by atoms with E-state index < -0.39 is 0 Å². The van der Waals surface area contributed by atoms with Crippen molar-refractivity contribution in [2.24, 2.45) is 17.9 Å². The fourth-order valence-electron chi connectivity index (χ4n) is 1.56. The van der Waals surface area contributed by atoms with Crippen LogP contribution in [0.1, 0.15) is 25.7 Å². The van der Waals surface area contributed by atoms with Gasteiger partial charge in [0, 0.05) is 20.2 Å². The number of aliphatic imine (C=N–C) groups is 1. The van der Waals surface area contributed by atoms with Crippen molar-refractivity contribution in [1.29, 1.82) is 0 Å². The van der Waals surface area contributed by atoms with Crippen LogP contribution in [0.2, 0.25) is 0 Å². The molecule has 0 amide bonds. The Labute approximate surface area is 107 Å². The largest absolute Gasteiger partial charge is 0.383 e. The van der Waals surface area contributed by atoms with Gasteiger partial charge in [0.2, 0.25) is 5.96 Å². The second kappa shape index (κ2) is 6.92. The number of hydrazine groups is 1. The van der Waals surface area contributed by atoms with E-state index in [0.717, 1.165) is 5.82 Å². The molecule has 0 spiro atoms. The Morgan fingerprint density at radius 3 is 2.83 bits per heavy atom. The zero-order chi connectivity index (χ0) is 13.5. The second-order valence-electron chi connectivity index (χ2n) is 4.10. The van der Waals surface area contributed by atoms with Gasteiger partial charge in [0.05, 0.1) is 6.61 Å². The molecule has 0 radical (unpaired) electrons. The van der Waals surface area contributed by atoms with Crippen LogP contribution in [0.3, 0.4) is 0 Å². The first kappa shape index (κ1) is 14.4. The van der Waals surface area contributed by atoms with E-state index in [4.69, 9.17) is 10.6 Å². The summed E-state index contributed by atoms with van der Waals surface area (Å²) in [5.74, 6) is 6.69. The average molecular weight is 255 g/mol. The summed E-state index contributed by atoms with van der Waals surface area (Å²) in [4.78, 5) is 4.41. The summed E-state index contributed by atoms with van der Waals surface area (Å²) in [5.41, 5.74) is 2.53. The normalized spacial score (nSPS) is 15.3. The first-order chi connectivity index (χ1) is 8.58. The lowest BCUT2D eigenvalue weighted by Crippen LogP contribution is -2.47. The van der Waals surface area contributed by atoms with Gasteiger partial charge < -0.3 is 14.6 Å². The van der Waals surface area contributed by atoms with E-state index in [0.29, 0.717) is 12.6 Å². The van der Waals surface area contributed by atoms with Gasteiger partial charge in [-0.25, -0.2) is 10.8 Å². The van der Waals surface area contributed by atoms with Crippen molar-refractivity contribution in [3.05, 3.63) is 12.2 Å². The lowest BCUT2D eigenvalue weighted by atomic mass is 10.3. The molecule has 1 heterocycles. The molecule has 0 saturated heterocycles. The van der Waals surface area contributed by atoms with Crippen LogP contribution in [0.4, 0.5) is 0 Å². The van der Waals surface area contributed by atoms with E-state index in [1.54, 1.807) is 13.4 Å². The Hall–Kier alpha value is -1.67. The van der Waals surface area contributed by atoms with Gasteiger partial charge in [0.15, 0.2) is 5.82 Å². The minimum Gasteiger partial charge on any atom is -0.383 e. The van der Waals surface area contributed by atoms with Gasteiger partial charge in [-0.2, -0.15) is 0 Å². The maximum absolute atomic E-state index is 5.43. The second-order valence-corrected chi connectivity index (χ2v) is 4.10. The SMILES string of the molecule is COCC(C)NC(=NC(C)c1nncn1C)NN. The molecule has 0 aliphatic heterocycles. The number of rotatable bonds is 5. The number of methoxy groups -OCH3 is 1. The third kappa shape index (κ3) is 3.97. The monoisotopic (exact) mass is 255 g/mol. The Morgan fingerprint density at radius 2 is 2.33 bits per heavy atom. The fourth-order valence-corrected chi connectivity index (χ4v) is 1.56. The first-order valence-electron chi connectivity index (χ1n) is 5.72. The van der Waals surface area contributed by atoms with E-state index in [2.05, 4.69) is 25.9 Å². The number of nitrogens with zero attached hydrogens (tertiary/aromatic N) is 4. The van der Waals surface area contributed by atoms with Crippen molar-refractivity contribution in [2.75, 3.05) is 13.7 Å². The van der Waals surface area contributed by atoms with Crippen molar-refractivity contribution in [3.8, 4) is 0 Å². The fraction of sp³-hybridized carbons (Fsp3) is 0.700. The highest BCUT2D eigenvalue weighted by molar-refractivity contribution is 5.79. The van der Waals surface area contributed by atoms with Crippen LogP contribution in [0.15, 0.2) is 11.3 Å². The molecule has 1 aromatic heterocycles. The molecule has 2 atom stereocenters. The molecular weight excluding hydrogens is 234 g/mol. The molecule has 8 heteroatoms. The Bertz CT molecular complexity index is 389. The van der Waals surface area contributed by atoms with E-state index in [1.165, 1.54) is 0 Å². The summed E-state index contributed by atoms with van der Waals surface area (Å²) in [5, 5.41) is 10.9. The van der Waals surface area contributed by atoms with Gasteiger partial charge in [-0.3, -0.25) is 5.43 Å². The average Bonchev–Trinajstić information content (AvgIpc) is 2.74. The number of nitrogens with one attached hydrogen (secondary N) is 2. The van der Waals surface area contributed by atoms with Gasteiger partial charge in [-0.1, -0.05) is 0 Å². The highest BCUT2D eigenvalue weighted by Crippen LogP contribution is 2.11. The predicted molar refractivity (Wildman–Crippen MR) is 68.6 cm³/mol. The van der Waals surface area contributed by atoms with Crippen molar-refractivity contribution in [2.45, 2.75) is 25.9 Å². The smallest absolute Gasteiger partial charge is 0.206 e. The molecule has 18 heavy (non-hydrogen) atoms. The minimum absolute atomic E-state index is 0.108. The number of hydrogen-bond acceptors (Lipinski definition) is 5. The first-order valence-corrected chi connectivity index (χ1v) is 5.72. The molecule has 0 bridgehead atoms. The number of aromatic nitrogens is 3. The van der Waals surface area contributed by atoms with Gasteiger partial charge in [0.25, 0.3) is 0 Å². The van der Waals surface area contributed by atoms with Crippen molar-refractivity contribution >= 4 is 5.96 Å². The maximum atomic E-state index is 5.43. The summed E-state index contributed by atoms with van der Waals surface area (Å²) in [7, 11) is 3.52. The molecule has 2 unspecified atom stereocenters. The van der Waals surface area contributed by atoms with Crippen LogP contribution in [0.5, 0.6) is 0 Å². The zero-order valence-corrected chi connectivity index (χ0v) is 11.2. The number of nitrogens with two attached hydrogens (primary N) is 1. The molecule has 102 valence electrons. The summed E-state index contributed by atoms with van der Waals surface area (Å²) < 4.78 is 6.85. The number of hydrogen-bond donors (Lipinski definition) is 3. The van der Waals surface area contributed by atoms with E-state index in [-0.39, 0.29) is 12.1 Å². The molecule has 1 aromatic rings. The van der Waals surface area contributed by atoms with Crippen molar-refractivity contribution < 1.29 is 4.74 Å². The molecule has 0 fully saturated rings. The molecule has 4 N–H and O–H groups in total. The maximum Gasteiger partial charge on any atom is 0.206 e. The zero-order valence-electron chi connectivity index (χ0n) is 11.2.